The number of aliphatic hydroxyl groups excluding tert-OH is 1. The van der Waals surface area contributed by atoms with E-state index in [1.807, 2.05) is 6.92 Å². The predicted molar refractivity (Wildman–Crippen MR) is 76.3 cm³/mol. The summed E-state index contributed by atoms with van der Waals surface area (Å²) in [4.78, 5) is 16.9. The topological polar surface area (TPSA) is 70.9 Å². The molecule has 0 aliphatic carbocycles. The number of carbonyl (C=O) groups is 1. The van der Waals surface area contributed by atoms with Crippen molar-refractivity contribution in [2.45, 2.75) is 25.9 Å². The van der Waals surface area contributed by atoms with Crippen molar-refractivity contribution in [3.8, 4) is 0 Å². The van der Waals surface area contributed by atoms with Crippen LogP contribution in [0.2, 0.25) is 0 Å². The molecule has 2 rings (SSSR count). The lowest BCUT2D eigenvalue weighted by Gasteiger charge is -2.13. The van der Waals surface area contributed by atoms with Crippen LogP contribution in [0.1, 0.15) is 25.3 Å². The van der Waals surface area contributed by atoms with Crippen molar-refractivity contribution in [2.75, 3.05) is 13.2 Å². The summed E-state index contributed by atoms with van der Waals surface area (Å²) >= 11 is 0. The molecular formula is C15H18F2N2O3. The van der Waals surface area contributed by atoms with Crippen molar-refractivity contribution in [2.24, 2.45) is 11.1 Å². The fraction of sp³-hybridized carbons (Fsp3) is 0.467. The molecule has 120 valence electrons. The van der Waals surface area contributed by atoms with Gasteiger partial charge in [-0.2, -0.15) is 0 Å². The van der Waals surface area contributed by atoms with Gasteiger partial charge < -0.3 is 15.3 Å². The second-order valence-electron chi connectivity index (χ2n) is 5.32. The van der Waals surface area contributed by atoms with E-state index in [4.69, 9.17) is 9.94 Å². The van der Waals surface area contributed by atoms with Gasteiger partial charge in [-0.05, 0) is 30.5 Å². The second kappa shape index (κ2) is 7.31. The number of benzene rings is 1. The Kier molecular flexibility index (Phi) is 5.43. The number of aliphatic hydroxyl groups is 1. The van der Waals surface area contributed by atoms with Gasteiger partial charge in [0.1, 0.15) is 11.6 Å². The van der Waals surface area contributed by atoms with Crippen LogP contribution in [0.3, 0.4) is 0 Å². The molecule has 0 saturated heterocycles. The second-order valence-corrected chi connectivity index (χ2v) is 5.32. The van der Waals surface area contributed by atoms with Gasteiger partial charge in [0.15, 0.2) is 0 Å². The minimum Gasteiger partial charge on any atom is -0.396 e. The van der Waals surface area contributed by atoms with E-state index in [9.17, 15) is 13.6 Å². The van der Waals surface area contributed by atoms with Gasteiger partial charge in [0.2, 0.25) is 6.10 Å². The smallest absolute Gasteiger partial charge is 0.264 e. The van der Waals surface area contributed by atoms with Crippen LogP contribution >= 0.6 is 0 Å². The molecule has 1 aliphatic rings. The van der Waals surface area contributed by atoms with E-state index in [2.05, 4.69) is 10.5 Å². The van der Waals surface area contributed by atoms with Crippen molar-refractivity contribution in [3.63, 3.8) is 0 Å². The minimum atomic E-state index is -0.848. The lowest BCUT2D eigenvalue weighted by atomic mass is 10.0. The van der Waals surface area contributed by atoms with E-state index in [1.54, 1.807) is 0 Å². The minimum absolute atomic E-state index is 0.00366. The largest absolute Gasteiger partial charge is 0.396 e. The number of carbonyl (C=O) groups excluding carboxylic acids is 1. The Morgan fingerprint density at radius 3 is 3.05 bits per heavy atom. The Morgan fingerprint density at radius 1 is 1.55 bits per heavy atom. The Hall–Kier alpha value is -2.02. The molecule has 2 unspecified atom stereocenters. The SMILES string of the molecule is CC(CCO)CNC(=O)C1CC(c2cc(F)ccc2F)=NO1. The zero-order chi connectivity index (χ0) is 16.1. The lowest BCUT2D eigenvalue weighted by Crippen LogP contribution is -2.37. The summed E-state index contributed by atoms with van der Waals surface area (Å²) in [5, 5.41) is 15.2. The van der Waals surface area contributed by atoms with E-state index >= 15 is 0 Å². The third-order valence-corrected chi connectivity index (χ3v) is 3.45. The standard InChI is InChI=1S/C15H18F2N2O3/c1-9(4-5-20)8-18-15(21)14-7-13(19-22-14)11-6-10(16)2-3-12(11)17/h2-3,6,9,14,20H,4-5,7-8H2,1H3,(H,18,21). The summed E-state index contributed by atoms with van der Waals surface area (Å²) in [7, 11) is 0. The fourth-order valence-corrected chi connectivity index (χ4v) is 2.11. The molecule has 2 N–H and O–H groups in total. The van der Waals surface area contributed by atoms with Gasteiger partial charge in [0.05, 0.1) is 5.71 Å². The highest BCUT2D eigenvalue weighted by molar-refractivity contribution is 6.04. The first-order valence-corrected chi connectivity index (χ1v) is 7.08. The van der Waals surface area contributed by atoms with Crippen LogP contribution in [0.25, 0.3) is 0 Å². The number of hydrogen-bond acceptors (Lipinski definition) is 4. The summed E-state index contributed by atoms with van der Waals surface area (Å²) in [6, 6.07) is 3.06. The number of hydrogen-bond donors (Lipinski definition) is 2. The highest BCUT2D eigenvalue weighted by Crippen LogP contribution is 2.20. The highest BCUT2D eigenvalue weighted by Gasteiger charge is 2.30. The Morgan fingerprint density at radius 2 is 2.32 bits per heavy atom. The zero-order valence-electron chi connectivity index (χ0n) is 12.2. The summed E-state index contributed by atoms with van der Waals surface area (Å²) in [5.41, 5.74) is 0.213. The van der Waals surface area contributed by atoms with E-state index in [-0.39, 0.29) is 36.1 Å². The van der Waals surface area contributed by atoms with Gasteiger partial charge in [-0.15, -0.1) is 0 Å². The molecule has 1 aromatic rings. The molecule has 0 spiro atoms. The number of nitrogens with one attached hydrogen (secondary N) is 1. The van der Waals surface area contributed by atoms with Crippen LogP contribution < -0.4 is 5.32 Å². The molecule has 0 bridgehead atoms. The number of amides is 1. The predicted octanol–water partition coefficient (Wildman–Crippen LogP) is 1.59. The van der Waals surface area contributed by atoms with Gasteiger partial charge >= 0.3 is 0 Å². The molecule has 1 heterocycles. The van der Waals surface area contributed by atoms with Gasteiger partial charge in [-0.1, -0.05) is 12.1 Å². The number of halogens is 2. The first kappa shape index (κ1) is 16.4. The van der Waals surface area contributed by atoms with Gasteiger partial charge in [-0.25, -0.2) is 8.78 Å². The van der Waals surface area contributed by atoms with Crippen LogP contribution in [0.4, 0.5) is 8.78 Å². The van der Waals surface area contributed by atoms with E-state index < -0.39 is 17.7 Å². The summed E-state index contributed by atoms with van der Waals surface area (Å²) in [5.74, 6) is -1.41. The maximum atomic E-state index is 13.7. The molecule has 0 saturated carbocycles. The molecule has 1 amide bonds. The lowest BCUT2D eigenvalue weighted by molar-refractivity contribution is -0.131. The zero-order valence-corrected chi connectivity index (χ0v) is 12.2. The quantitative estimate of drug-likeness (QED) is 0.838. The number of nitrogens with zero attached hydrogens (tertiary/aromatic N) is 1. The first-order valence-electron chi connectivity index (χ1n) is 7.08. The maximum absolute atomic E-state index is 13.7. The maximum Gasteiger partial charge on any atom is 0.264 e. The Balaban J connectivity index is 1.91. The molecule has 0 aromatic heterocycles. The third-order valence-electron chi connectivity index (χ3n) is 3.45. The highest BCUT2D eigenvalue weighted by atomic mass is 19.1. The average molecular weight is 312 g/mol. The van der Waals surface area contributed by atoms with E-state index in [0.29, 0.717) is 13.0 Å². The first-order chi connectivity index (χ1) is 10.5. The third kappa shape index (κ3) is 4.00. The molecule has 0 fully saturated rings. The normalized spacial score (nSPS) is 18.5. The molecule has 1 aliphatic heterocycles. The molecule has 5 nitrogen and oxygen atoms in total. The average Bonchev–Trinajstić information content (AvgIpc) is 2.97. The molecule has 7 heteroatoms. The van der Waals surface area contributed by atoms with Crippen molar-refractivity contribution in [3.05, 3.63) is 35.4 Å². The molecule has 1 aromatic carbocycles. The Bertz CT molecular complexity index is 578. The van der Waals surface area contributed by atoms with Gasteiger partial charge in [0.25, 0.3) is 5.91 Å². The molecule has 2 atom stereocenters. The van der Waals surface area contributed by atoms with E-state index in [0.717, 1.165) is 18.2 Å². The van der Waals surface area contributed by atoms with Crippen molar-refractivity contribution >= 4 is 11.6 Å². The summed E-state index contributed by atoms with van der Waals surface area (Å²) < 4.78 is 26.8. The van der Waals surface area contributed by atoms with Crippen LogP contribution in [0.5, 0.6) is 0 Å². The Labute approximate surface area is 127 Å². The molecule has 0 radical (unpaired) electrons. The monoisotopic (exact) mass is 312 g/mol. The fourth-order valence-electron chi connectivity index (χ4n) is 2.11. The van der Waals surface area contributed by atoms with E-state index in [1.165, 1.54) is 0 Å². The summed E-state index contributed by atoms with van der Waals surface area (Å²) in [6.45, 7) is 2.36. The molecule has 22 heavy (non-hydrogen) atoms. The van der Waals surface area contributed by atoms with Crippen LogP contribution in [-0.4, -0.2) is 36.0 Å². The van der Waals surface area contributed by atoms with Crippen LogP contribution in [-0.2, 0) is 9.63 Å². The van der Waals surface area contributed by atoms with Crippen molar-refractivity contribution in [1.82, 2.24) is 5.32 Å². The van der Waals surface area contributed by atoms with Crippen LogP contribution in [0, 0.1) is 17.6 Å². The van der Waals surface area contributed by atoms with Crippen molar-refractivity contribution < 1.29 is 23.5 Å². The van der Waals surface area contributed by atoms with Gasteiger partial charge in [0, 0.05) is 25.1 Å². The van der Waals surface area contributed by atoms with Gasteiger partial charge in [-0.3, -0.25) is 4.79 Å². The van der Waals surface area contributed by atoms with Crippen LogP contribution in [0.15, 0.2) is 23.4 Å². The molecular weight excluding hydrogens is 294 g/mol. The van der Waals surface area contributed by atoms with Crippen molar-refractivity contribution in [1.29, 1.82) is 0 Å². The number of rotatable bonds is 6. The number of oxime groups is 1. The summed E-state index contributed by atoms with van der Waals surface area (Å²) in [6.07, 6.45) is -0.179.